The molecule has 4 aromatic rings. The van der Waals surface area contributed by atoms with Gasteiger partial charge in [-0.25, -0.2) is 0 Å². The number of aliphatic hydroxyl groups excluding tert-OH is 1. The summed E-state index contributed by atoms with van der Waals surface area (Å²) in [6.45, 7) is 0. The number of anilines is 2. The Morgan fingerprint density at radius 3 is 2.36 bits per heavy atom. The maximum absolute atomic E-state index is 12.3. The van der Waals surface area contributed by atoms with Gasteiger partial charge in [-0.15, -0.1) is 20.4 Å². The van der Waals surface area contributed by atoms with E-state index in [1.54, 1.807) is 6.20 Å². The summed E-state index contributed by atoms with van der Waals surface area (Å²) >= 11 is 2.94. The average molecular weight is 522 g/mol. The quantitative estimate of drug-likeness (QED) is 0.277. The largest absolute Gasteiger partial charge is 0.373 e. The topological polar surface area (TPSA) is 126 Å². The predicted octanol–water partition coefficient (Wildman–Crippen LogP) is 4.38. The summed E-state index contributed by atoms with van der Waals surface area (Å²) in [5, 5.41) is 36.6. The van der Waals surface area contributed by atoms with Crippen molar-refractivity contribution in [3.63, 3.8) is 0 Å². The van der Waals surface area contributed by atoms with Crippen LogP contribution in [0.2, 0.25) is 0 Å². The molecule has 3 aromatic heterocycles. The number of amides is 1. The maximum Gasteiger partial charge on any atom is 0.232 e. The molecule has 3 N–H and O–H groups in total. The van der Waals surface area contributed by atoms with Crippen molar-refractivity contribution in [2.45, 2.75) is 56.6 Å². The van der Waals surface area contributed by atoms with Crippen molar-refractivity contribution in [1.29, 1.82) is 0 Å². The fourth-order valence-electron chi connectivity index (χ4n) is 4.41. The number of carbonyl (C=O) groups is 1. The van der Waals surface area contributed by atoms with Crippen LogP contribution in [0.5, 0.6) is 0 Å². The minimum Gasteiger partial charge on any atom is -0.373 e. The fourth-order valence-corrected chi connectivity index (χ4v) is 6.25. The fraction of sp³-hybridized carbons (Fsp3) is 0.360. The van der Waals surface area contributed by atoms with Gasteiger partial charge in [0.15, 0.2) is 0 Å². The number of carbonyl (C=O) groups excluding carboxylic acids is 1. The van der Waals surface area contributed by atoms with E-state index in [9.17, 15) is 9.90 Å². The van der Waals surface area contributed by atoms with Crippen LogP contribution in [0.4, 0.5) is 10.3 Å². The predicted molar refractivity (Wildman–Crippen MR) is 140 cm³/mol. The Balaban J connectivity index is 1.15. The van der Waals surface area contributed by atoms with Crippen molar-refractivity contribution in [2.24, 2.45) is 0 Å². The van der Waals surface area contributed by atoms with E-state index in [0.29, 0.717) is 22.4 Å². The molecule has 3 heterocycles. The molecule has 0 bridgehead atoms. The number of aliphatic hydroxyl groups is 1. The molecule has 1 aromatic carbocycles. The molecule has 1 amide bonds. The van der Waals surface area contributed by atoms with E-state index in [1.807, 2.05) is 48.5 Å². The highest BCUT2D eigenvalue weighted by Gasteiger charge is 2.29. The molecule has 3 unspecified atom stereocenters. The Morgan fingerprint density at radius 1 is 0.944 bits per heavy atom. The number of rotatable bonds is 9. The van der Waals surface area contributed by atoms with Crippen molar-refractivity contribution >= 4 is 38.8 Å². The van der Waals surface area contributed by atoms with E-state index in [-0.39, 0.29) is 24.2 Å². The Morgan fingerprint density at radius 2 is 1.64 bits per heavy atom. The third-order valence-corrected chi connectivity index (χ3v) is 8.15. The number of nitrogens with one attached hydrogen (secondary N) is 2. The Hall–Kier alpha value is -3.28. The highest BCUT2D eigenvalue weighted by molar-refractivity contribution is 7.15. The number of nitrogens with zero attached hydrogens (tertiary/aromatic N) is 5. The third kappa shape index (κ3) is 6.48. The van der Waals surface area contributed by atoms with Crippen molar-refractivity contribution < 1.29 is 9.90 Å². The Labute approximate surface area is 217 Å². The highest BCUT2D eigenvalue weighted by Crippen LogP contribution is 2.43. The van der Waals surface area contributed by atoms with Gasteiger partial charge in [-0.3, -0.25) is 9.78 Å². The van der Waals surface area contributed by atoms with Gasteiger partial charge in [0, 0.05) is 30.1 Å². The van der Waals surface area contributed by atoms with E-state index in [4.69, 9.17) is 0 Å². The van der Waals surface area contributed by atoms with Gasteiger partial charge in [0.05, 0.1) is 6.42 Å². The van der Waals surface area contributed by atoms with E-state index in [2.05, 4.69) is 36.0 Å². The van der Waals surface area contributed by atoms with Crippen molar-refractivity contribution in [3.05, 3.63) is 76.0 Å². The zero-order chi connectivity index (χ0) is 24.7. The molecular weight excluding hydrogens is 494 g/mol. The monoisotopic (exact) mass is 521 g/mol. The lowest BCUT2D eigenvalue weighted by Crippen LogP contribution is -2.21. The second kappa shape index (κ2) is 11.6. The summed E-state index contributed by atoms with van der Waals surface area (Å²) in [5.41, 5.74) is 1.77. The molecule has 0 aliphatic heterocycles. The van der Waals surface area contributed by atoms with Gasteiger partial charge in [0.1, 0.15) is 16.2 Å². The van der Waals surface area contributed by atoms with Gasteiger partial charge >= 0.3 is 0 Å². The van der Waals surface area contributed by atoms with Gasteiger partial charge in [-0.05, 0) is 37.0 Å². The molecule has 0 radical (unpaired) electrons. The molecule has 11 heteroatoms. The lowest BCUT2D eigenvalue weighted by atomic mass is 9.82. The van der Waals surface area contributed by atoms with Gasteiger partial charge < -0.3 is 15.7 Å². The number of aromatic nitrogens is 5. The lowest BCUT2D eigenvalue weighted by molar-refractivity contribution is -0.115. The van der Waals surface area contributed by atoms with Gasteiger partial charge in [-0.1, -0.05) is 65.5 Å². The summed E-state index contributed by atoms with van der Waals surface area (Å²) in [4.78, 5) is 16.5. The van der Waals surface area contributed by atoms with Crippen LogP contribution in [0.3, 0.4) is 0 Å². The summed E-state index contributed by atoms with van der Waals surface area (Å²) < 4.78 is 0. The Bertz CT molecular complexity index is 1270. The van der Waals surface area contributed by atoms with Crippen LogP contribution in [-0.2, 0) is 17.6 Å². The van der Waals surface area contributed by atoms with Crippen molar-refractivity contribution in [1.82, 2.24) is 25.4 Å². The summed E-state index contributed by atoms with van der Waals surface area (Å²) in [5.74, 6) is 0.405. The van der Waals surface area contributed by atoms with Crippen LogP contribution in [0, 0.1) is 0 Å². The molecule has 1 aliphatic carbocycles. The van der Waals surface area contributed by atoms with Crippen LogP contribution in [0.25, 0.3) is 0 Å². The number of pyridine rings is 1. The standard InChI is InChI=1S/C25H27N7O2S2/c33-20(13-16-7-2-1-3-8-16)27-24-31-29-22(35-24)17-9-6-10-18(14-17)23-30-32-25(36-23)28-21(34)15-19-11-4-5-12-26-19/h1-5,7-8,11-12,17-18,20,33H,6,9-10,13-15H2,(H,27,31)(H,28,32,34). The molecule has 186 valence electrons. The molecular formula is C25H27N7O2S2. The van der Waals surface area contributed by atoms with Gasteiger partial charge in [0.25, 0.3) is 0 Å². The van der Waals surface area contributed by atoms with Crippen LogP contribution >= 0.6 is 22.7 Å². The van der Waals surface area contributed by atoms with E-state index >= 15 is 0 Å². The zero-order valence-electron chi connectivity index (χ0n) is 19.6. The molecule has 5 rings (SSSR count). The van der Waals surface area contributed by atoms with Crippen LogP contribution in [0.15, 0.2) is 54.7 Å². The Kier molecular flexibility index (Phi) is 7.89. The molecule has 1 fully saturated rings. The molecule has 0 saturated heterocycles. The molecule has 1 saturated carbocycles. The van der Waals surface area contributed by atoms with Crippen molar-refractivity contribution in [3.8, 4) is 0 Å². The highest BCUT2D eigenvalue weighted by atomic mass is 32.1. The SMILES string of the molecule is O=C(Cc1ccccn1)Nc1nnc(C2CCCC(c3nnc(NC(O)Cc4ccccc4)s3)C2)s1. The number of hydrogen-bond donors (Lipinski definition) is 3. The van der Waals surface area contributed by atoms with Crippen LogP contribution in [-0.4, -0.2) is 42.6 Å². The number of hydrogen-bond acceptors (Lipinski definition) is 10. The minimum absolute atomic E-state index is 0.152. The van der Waals surface area contributed by atoms with E-state index in [1.165, 1.54) is 22.7 Å². The first kappa shape index (κ1) is 24.4. The smallest absolute Gasteiger partial charge is 0.232 e. The minimum atomic E-state index is -0.722. The van der Waals surface area contributed by atoms with E-state index < -0.39 is 6.23 Å². The van der Waals surface area contributed by atoms with Gasteiger partial charge in [0.2, 0.25) is 16.2 Å². The first-order valence-electron chi connectivity index (χ1n) is 12.0. The van der Waals surface area contributed by atoms with Crippen LogP contribution in [0.1, 0.15) is 58.8 Å². The van der Waals surface area contributed by atoms with Gasteiger partial charge in [-0.2, -0.15) is 0 Å². The summed E-state index contributed by atoms with van der Waals surface area (Å²) in [7, 11) is 0. The van der Waals surface area contributed by atoms with Crippen LogP contribution < -0.4 is 10.6 Å². The normalized spacial score (nSPS) is 18.5. The molecule has 3 atom stereocenters. The molecule has 36 heavy (non-hydrogen) atoms. The first-order valence-corrected chi connectivity index (χ1v) is 13.6. The maximum atomic E-state index is 12.3. The molecule has 1 aliphatic rings. The lowest BCUT2D eigenvalue weighted by Gasteiger charge is -2.25. The summed E-state index contributed by atoms with van der Waals surface area (Å²) in [6, 6.07) is 15.4. The number of benzene rings is 1. The zero-order valence-corrected chi connectivity index (χ0v) is 21.2. The van der Waals surface area contributed by atoms with Crippen molar-refractivity contribution in [2.75, 3.05) is 10.6 Å². The van der Waals surface area contributed by atoms with E-state index in [0.717, 1.165) is 41.3 Å². The second-order valence-electron chi connectivity index (χ2n) is 8.85. The second-order valence-corrected chi connectivity index (χ2v) is 10.9. The third-order valence-electron chi connectivity index (χ3n) is 6.13. The summed E-state index contributed by atoms with van der Waals surface area (Å²) in [6.07, 6.45) is 5.71. The first-order chi connectivity index (χ1) is 17.6. The average Bonchev–Trinajstić information content (AvgIpc) is 3.55. The molecule has 9 nitrogen and oxygen atoms in total. The molecule has 0 spiro atoms.